The molecule has 0 bridgehead atoms. The number of nitrogens with zero attached hydrogens (tertiary/aromatic N) is 5. The van der Waals surface area contributed by atoms with Gasteiger partial charge in [-0.05, 0) is 43.3 Å². The number of halogens is 1. The number of anilines is 2. The third-order valence-electron chi connectivity index (χ3n) is 9.18. The third-order valence-corrected chi connectivity index (χ3v) is 11.6. The van der Waals surface area contributed by atoms with Crippen LogP contribution in [0.3, 0.4) is 0 Å². The molecule has 11 heteroatoms. The molecule has 3 aliphatic rings. The van der Waals surface area contributed by atoms with E-state index in [4.69, 9.17) is 4.74 Å². The lowest BCUT2D eigenvalue weighted by molar-refractivity contribution is -0.145. The zero-order chi connectivity index (χ0) is 29.1. The number of likely N-dealkylation sites (N-methyl/N-ethyl adjacent to an activating group) is 1. The summed E-state index contributed by atoms with van der Waals surface area (Å²) in [4.78, 5) is 29.4. The van der Waals surface area contributed by atoms with Crippen molar-refractivity contribution < 1.29 is 23.5 Å². The van der Waals surface area contributed by atoms with E-state index in [-0.39, 0.29) is 24.3 Å². The Balaban J connectivity index is 1.29. The minimum atomic E-state index is -3.30. The van der Waals surface area contributed by atoms with E-state index in [0.717, 1.165) is 16.9 Å². The molecule has 2 aromatic carbocycles. The van der Waals surface area contributed by atoms with Crippen LogP contribution >= 0.6 is 0 Å². The largest absolute Gasteiger partial charge is 0.395 e. The van der Waals surface area contributed by atoms with Crippen LogP contribution in [-0.4, -0.2) is 66.6 Å². The quantitative estimate of drug-likeness (QED) is 0.247. The number of rotatable bonds is 8. The Labute approximate surface area is 240 Å². The number of aromatic nitrogens is 3. The number of aliphatic hydroxyl groups is 1. The molecule has 41 heavy (non-hydrogen) atoms. The highest BCUT2D eigenvalue weighted by Gasteiger charge is 2.66. The van der Waals surface area contributed by atoms with Crippen LogP contribution in [-0.2, 0) is 26.5 Å². The first-order valence-corrected chi connectivity index (χ1v) is 17.2. The Bertz CT molecular complexity index is 1480. The number of carbonyl (C=O) groups is 2. The summed E-state index contributed by atoms with van der Waals surface area (Å²) in [5.41, 5.74) is 2.03. The number of fused-ring (bicyclic) bond motifs is 2. The fraction of sp³-hybridized carbons (Fsp3) is 0.467. The number of hydrogen-bond donors (Lipinski definition) is 1. The van der Waals surface area contributed by atoms with Gasteiger partial charge in [0.25, 0.3) is 5.91 Å². The molecule has 9 nitrogen and oxygen atoms in total. The zero-order valence-electron chi connectivity index (χ0n) is 23.8. The van der Waals surface area contributed by atoms with Crippen molar-refractivity contribution in [3.05, 3.63) is 71.5 Å². The van der Waals surface area contributed by atoms with Crippen LogP contribution in [0.15, 0.2) is 54.7 Å². The molecule has 6 rings (SSSR count). The van der Waals surface area contributed by atoms with E-state index in [0.29, 0.717) is 37.2 Å². The van der Waals surface area contributed by atoms with Gasteiger partial charge in [0.05, 0.1) is 30.0 Å². The van der Waals surface area contributed by atoms with E-state index in [9.17, 15) is 14.7 Å². The molecule has 216 valence electrons. The van der Waals surface area contributed by atoms with E-state index in [1.807, 2.05) is 61.7 Å². The summed E-state index contributed by atoms with van der Waals surface area (Å²) in [6.07, 6.45) is 2.26. The normalized spacial score (nSPS) is 26.5. The summed E-state index contributed by atoms with van der Waals surface area (Å²) < 4.78 is 24.5. The third kappa shape index (κ3) is 4.41. The Morgan fingerprint density at radius 1 is 1.20 bits per heavy atom. The van der Waals surface area contributed by atoms with E-state index in [1.165, 1.54) is 0 Å². The first-order valence-electron chi connectivity index (χ1n) is 14.2. The number of benzene rings is 2. The Kier molecular flexibility index (Phi) is 6.86. The molecule has 0 radical (unpaired) electrons. The number of amides is 2. The van der Waals surface area contributed by atoms with Gasteiger partial charge in [-0.3, -0.25) is 14.3 Å². The average Bonchev–Trinajstić information content (AvgIpc) is 3.58. The van der Waals surface area contributed by atoms with Gasteiger partial charge in [-0.25, -0.2) is 0 Å². The summed E-state index contributed by atoms with van der Waals surface area (Å²) >= 11 is 0. The maximum absolute atomic E-state index is 16.0. The zero-order valence-corrected chi connectivity index (χ0v) is 24.8. The van der Waals surface area contributed by atoms with Crippen molar-refractivity contribution in [3.8, 4) is 0 Å². The monoisotopic (exact) mass is 577 g/mol. The van der Waals surface area contributed by atoms with E-state index >= 15 is 4.11 Å². The van der Waals surface area contributed by atoms with Crippen LogP contribution in [0.2, 0.25) is 18.6 Å². The summed E-state index contributed by atoms with van der Waals surface area (Å²) in [5, 5.41) is 18.6. The van der Waals surface area contributed by atoms with Gasteiger partial charge < -0.3 is 23.8 Å². The minimum absolute atomic E-state index is 0.0491. The lowest BCUT2D eigenvalue weighted by atomic mass is 9.82. The molecule has 1 aromatic heterocycles. The van der Waals surface area contributed by atoms with Crippen LogP contribution in [0.1, 0.15) is 42.5 Å². The molecule has 4 heterocycles. The minimum Gasteiger partial charge on any atom is -0.395 e. The first kappa shape index (κ1) is 27.7. The average molecular weight is 578 g/mol. The van der Waals surface area contributed by atoms with Crippen LogP contribution in [0.4, 0.5) is 15.5 Å². The lowest BCUT2D eigenvalue weighted by Gasteiger charge is -2.33. The van der Waals surface area contributed by atoms with Crippen molar-refractivity contribution in [1.29, 1.82) is 0 Å². The molecule has 2 fully saturated rings. The Morgan fingerprint density at radius 2 is 1.95 bits per heavy atom. The SMILES string of the molecule is C[C@H]1[C@H]([Si](C)(C)F)[C@@H](CCn2cc(C(CO)c3ccccc3)nn2)O[C@]12C(=O)N(C)c1ccc(N3CCC3=O)cc12. The van der Waals surface area contributed by atoms with Gasteiger partial charge in [-0.15, -0.1) is 5.10 Å². The van der Waals surface area contributed by atoms with Gasteiger partial charge in [0, 0.05) is 55.5 Å². The summed E-state index contributed by atoms with van der Waals surface area (Å²) in [6.45, 7) is 6.26. The number of carbonyl (C=O) groups excluding carboxylic acids is 2. The van der Waals surface area contributed by atoms with Crippen LogP contribution in [0.5, 0.6) is 0 Å². The molecule has 3 aromatic rings. The summed E-state index contributed by atoms with van der Waals surface area (Å²) in [7, 11) is -1.57. The number of ether oxygens (including phenoxy) is 1. The second-order valence-corrected chi connectivity index (χ2v) is 15.8. The molecule has 3 aliphatic heterocycles. The molecule has 0 aliphatic carbocycles. The Morgan fingerprint density at radius 3 is 2.59 bits per heavy atom. The highest BCUT2D eigenvalue weighted by atomic mass is 28.4. The van der Waals surface area contributed by atoms with Gasteiger partial charge >= 0.3 is 0 Å². The second kappa shape index (κ2) is 10.1. The number of aliphatic hydroxyl groups excluding tert-OH is 1. The maximum atomic E-state index is 16.0. The molecule has 0 saturated carbocycles. The highest BCUT2D eigenvalue weighted by Crippen LogP contribution is 2.60. The standard InChI is InChI=1S/C30H36FN5O4Si/c1-19-28(41(3,4)31)26(12-14-35-17-24(32-33-35)22(18-37)20-8-6-5-7-9-20)40-30(19)23-16-21(36-15-13-27(36)38)10-11-25(23)34(2)29(30)39/h5-11,16-17,19,22,26,28,37H,12-15,18H2,1-4H3/t19-,22?,26+,28-,30+/m0/s1. The second-order valence-electron chi connectivity index (χ2n) is 12.0. The van der Waals surface area contributed by atoms with Crippen molar-refractivity contribution in [2.24, 2.45) is 5.92 Å². The number of β-lactam (4-membered cyclic amide) rings is 1. The van der Waals surface area contributed by atoms with Gasteiger partial charge in [0.15, 0.2) is 5.60 Å². The maximum Gasteiger partial charge on any atom is 0.264 e. The molecule has 1 unspecified atom stereocenters. The summed E-state index contributed by atoms with van der Waals surface area (Å²) in [5.74, 6) is -0.847. The first-order chi connectivity index (χ1) is 19.6. The highest BCUT2D eigenvalue weighted by molar-refractivity contribution is 6.72. The van der Waals surface area contributed by atoms with Gasteiger partial charge in [0.1, 0.15) is 0 Å². The van der Waals surface area contributed by atoms with Crippen molar-refractivity contribution in [3.63, 3.8) is 0 Å². The van der Waals surface area contributed by atoms with E-state index in [2.05, 4.69) is 10.3 Å². The van der Waals surface area contributed by atoms with Gasteiger partial charge in [0.2, 0.25) is 14.3 Å². The molecule has 1 spiro atoms. The molecule has 2 amide bonds. The number of hydrogen-bond acceptors (Lipinski definition) is 6. The fourth-order valence-corrected chi connectivity index (χ4v) is 9.61. The summed E-state index contributed by atoms with van der Waals surface area (Å²) in [6, 6.07) is 15.3. The molecular formula is C30H36FN5O4Si. The molecule has 5 atom stereocenters. The van der Waals surface area contributed by atoms with Crippen molar-refractivity contribution in [1.82, 2.24) is 15.0 Å². The van der Waals surface area contributed by atoms with Gasteiger partial charge in [-0.1, -0.05) is 42.5 Å². The molecule has 2 saturated heterocycles. The van der Waals surface area contributed by atoms with Crippen LogP contribution in [0.25, 0.3) is 0 Å². The number of aryl methyl sites for hydroxylation is 1. The topological polar surface area (TPSA) is 101 Å². The predicted octanol–water partition coefficient (Wildman–Crippen LogP) is 3.98. The lowest BCUT2D eigenvalue weighted by Crippen LogP contribution is -2.45. The van der Waals surface area contributed by atoms with Crippen molar-refractivity contribution in [2.45, 2.75) is 62.6 Å². The van der Waals surface area contributed by atoms with Crippen LogP contribution < -0.4 is 9.80 Å². The van der Waals surface area contributed by atoms with Crippen LogP contribution in [0, 0.1) is 5.92 Å². The molecular weight excluding hydrogens is 541 g/mol. The molecule has 1 N–H and O–H groups in total. The van der Waals surface area contributed by atoms with E-state index < -0.39 is 31.6 Å². The Hall–Kier alpha value is -3.41. The van der Waals surface area contributed by atoms with Crippen molar-refractivity contribution >= 4 is 31.6 Å². The van der Waals surface area contributed by atoms with Gasteiger partial charge in [-0.2, -0.15) is 0 Å². The van der Waals surface area contributed by atoms with Crippen molar-refractivity contribution in [2.75, 3.05) is 30.0 Å². The van der Waals surface area contributed by atoms with E-state index in [1.54, 1.807) is 34.6 Å². The predicted molar refractivity (Wildman–Crippen MR) is 155 cm³/mol. The fourth-order valence-electron chi connectivity index (χ4n) is 7.06. The smallest absolute Gasteiger partial charge is 0.264 e.